The number of fused-ring (bicyclic) bond motifs is 2. The third kappa shape index (κ3) is 6.41. The van der Waals surface area contributed by atoms with Gasteiger partial charge in [0.15, 0.2) is 17.7 Å². The van der Waals surface area contributed by atoms with Crippen LogP contribution in [0.25, 0.3) is 22.2 Å². The number of hydrogen-bond acceptors (Lipinski definition) is 10. The molecule has 2 fully saturated rings. The number of aromatic amines is 1. The maximum atomic E-state index is 10.9. The largest absolute Gasteiger partial charge is 0.483 e. The zero-order valence-corrected chi connectivity index (χ0v) is 26.0. The highest BCUT2D eigenvalue weighted by Gasteiger charge is 2.46. The monoisotopic (exact) mass is 608 g/mol. The summed E-state index contributed by atoms with van der Waals surface area (Å²) in [6.45, 7) is 11.3. The Hall–Kier alpha value is -3.65. The van der Waals surface area contributed by atoms with Crippen molar-refractivity contribution in [2.24, 2.45) is 5.92 Å². The van der Waals surface area contributed by atoms with Gasteiger partial charge in [-0.15, -0.1) is 0 Å². The lowest BCUT2D eigenvalue weighted by atomic mass is 9.76. The smallest absolute Gasteiger partial charge is 0.290 e. The minimum absolute atomic E-state index is 0.110. The third-order valence-corrected chi connectivity index (χ3v) is 8.92. The molecule has 0 amide bonds. The standard InChI is InChI=1S/C30H42N8O3.CH2O2/c1-16(2)37(13-22-25(39)26(40)29(41-22)38-15-34-24-27(31)32-14-33-28(24)38)19-10-17(11-19)6-9-23-35-20-8-7-18(30(3,4)5)12-21(20)36-23;2-1-3/h7-8,12,14-17,19,22,25-26,29,39-40H,6,9-11,13H2,1-5H3,(H,35,36)(H2,31,32,33);1H,(H,2,3). The van der Waals surface area contributed by atoms with Crippen molar-refractivity contribution in [3.8, 4) is 0 Å². The van der Waals surface area contributed by atoms with E-state index in [0.717, 1.165) is 42.5 Å². The molecule has 1 aromatic carbocycles. The van der Waals surface area contributed by atoms with Gasteiger partial charge in [0.2, 0.25) is 0 Å². The first-order valence-corrected chi connectivity index (χ1v) is 15.2. The number of nitrogen functional groups attached to an aromatic ring is 1. The second-order valence-electron chi connectivity index (χ2n) is 13.2. The average molecular weight is 609 g/mol. The van der Waals surface area contributed by atoms with E-state index >= 15 is 0 Å². The second kappa shape index (κ2) is 12.8. The summed E-state index contributed by atoms with van der Waals surface area (Å²) in [5.41, 5.74) is 10.4. The highest BCUT2D eigenvalue weighted by atomic mass is 16.6. The summed E-state index contributed by atoms with van der Waals surface area (Å²) in [6.07, 6.45) is 3.63. The lowest BCUT2D eigenvalue weighted by Crippen LogP contribution is -2.52. The second-order valence-corrected chi connectivity index (χ2v) is 13.2. The van der Waals surface area contributed by atoms with Crippen LogP contribution in [0.4, 0.5) is 5.82 Å². The molecule has 13 nitrogen and oxygen atoms in total. The van der Waals surface area contributed by atoms with E-state index in [1.807, 2.05) is 0 Å². The molecule has 1 aliphatic heterocycles. The fraction of sp³-hybridized carbons (Fsp3) is 0.581. The van der Waals surface area contributed by atoms with Gasteiger partial charge >= 0.3 is 0 Å². The molecule has 0 radical (unpaired) electrons. The quantitative estimate of drug-likeness (QED) is 0.185. The Balaban J connectivity index is 0.00000123. The molecule has 1 aliphatic carbocycles. The average Bonchev–Trinajstić information content (AvgIpc) is 3.63. The lowest BCUT2D eigenvalue weighted by Gasteiger charge is -2.46. The van der Waals surface area contributed by atoms with Crippen molar-refractivity contribution in [3.63, 3.8) is 0 Å². The van der Waals surface area contributed by atoms with Crippen LogP contribution < -0.4 is 5.73 Å². The van der Waals surface area contributed by atoms with Crippen LogP contribution >= 0.6 is 0 Å². The molecule has 13 heteroatoms. The van der Waals surface area contributed by atoms with Crippen LogP contribution in [0.3, 0.4) is 0 Å². The van der Waals surface area contributed by atoms with E-state index < -0.39 is 24.5 Å². The number of carbonyl (C=O) groups is 1. The van der Waals surface area contributed by atoms with Gasteiger partial charge in [-0.1, -0.05) is 26.8 Å². The molecule has 0 bridgehead atoms. The van der Waals surface area contributed by atoms with Gasteiger partial charge in [0.25, 0.3) is 6.47 Å². The van der Waals surface area contributed by atoms with Gasteiger partial charge < -0.3 is 30.8 Å². The summed E-state index contributed by atoms with van der Waals surface area (Å²) in [5.74, 6) is 1.95. The van der Waals surface area contributed by atoms with Gasteiger partial charge in [0, 0.05) is 25.0 Å². The summed E-state index contributed by atoms with van der Waals surface area (Å²) in [5, 5.41) is 28.7. The first-order chi connectivity index (χ1) is 20.9. The first kappa shape index (κ1) is 31.8. The number of aliphatic hydroxyl groups excluding tert-OH is 2. The molecule has 238 valence electrons. The van der Waals surface area contributed by atoms with Crippen LogP contribution in [0.1, 0.15) is 71.5 Å². The zero-order chi connectivity index (χ0) is 31.8. The number of hydrogen-bond donors (Lipinski definition) is 5. The normalized spacial score (nSPS) is 25.4. The number of H-pyrrole nitrogens is 1. The molecule has 2 aliphatic rings. The Morgan fingerprint density at radius 2 is 1.91 bits per heavy atom. The minimum atomic E-state index is -1.11. The van der Waals surface area contributed by atoms with Crippen LogP contribution in [-0.2, 0) is 21.4 Å². The molecule has 4 atom stereocenters. The van der Waals surface area contributed by atoms with Crippen LogP contribution in [0.5, 0.6) is 0 Å². The van der Waals surface area contributed by atoms with E-state index in [-0.39, 0.29) is 23.7 Å². The minimum Gasteiger partial charge on any atom is -0.483 e. The lowest BCUT2D eigenvalue weighted by molar-refractivity contribution is -0.122. The summed E-state index contributed by atoms with van der Waals surface area (Å²) in [4.78, 5) is 31.7. The number of benzene rings is 1. The SMILES string of the molecule is CC(C)N(CC1OC(n2cnc3c(N)ncnc32)C(O)C1O)C1CC(CCc2nc3ccc(C(C)(C)C)cc3[nH]2)C1.O=CO. The number of aliphatic hydroxyl groups is 2. The van der Waals surface area contributed by atoms with E-state index in [1.54, 1.807) is 4.57 Å². The number of carboxylic acid groups (broad SMARTS) is 1. The predicted octanol–water partition coefficient (Wildman–Crippen LogP) is 3.02. The Bertz CT molecular complexity index is 1570. The Morgan fingerprint density at radius 3 is 2.59 bits per heavy atom. The Morgan fingerprint density at radius 1 is 1.18 bits per heavy atom. The van der Waals surface area contributed by atoms with Gasteiger partial charge in [-0.05, 0) is 62.1 Å². The fourth-order valence-corrected chi connectivity index (χ4v) is 6.35. The number of aromatic nitrogens is 6. The molecule has 0 spiro atoms. The summed E-state index contributed by atoms with van der Waals surface area (Å²) in [6, 6.07) is 7.22. The molecule has 44 heavy (non-hydrogen) atoms. The molecular weight excluding hydrogens is 564 g/mol. The maximum Gasteiger partial charge on any atom is 0.290 e. The van der Waals surface area contributed by atoms with Crippen molar-refractivity contribution >= 4 is 34.5 Å². The third-order valence-electron chi connectivity index (χ3n) is 8.92. The van der Waals surface area contributed by atoms with Crippen LogP contribution in [-0.4, -0.2) is 93.1 Å². The van der Waals surface area contributed by atoms with Crippen molar-refractivity contribution < 1.29 is 24.9 Å². The van der Waals surface area contributed by atoms with Crippen molar-refractivity contribution in [1.29, 1.82) is 0 Å². The number of nitrogens with one attached hydrogen (secondary N) is 1. The molecule has 1 saturated heterocycles. The highest BCUT2D eigenvalue weighted by Crippen LogP contribution is 2.38. The molecule has 3 aromatic heterocycles. The number of ether oxygens (including phenoxy) is 1. The predicted molar refractivity (Wildman–Crippen MR) is 166 cm³/mol. The molecule has 6 N–H and O–H groups in total. The van der Waals surface area contributed by atoms with Crippen molar-refractivity contribution in [3.05, 3.63) is 42.2 Å². The number of aryl methyl sites for hydroxylation is 1. The van der Waals surface area contributed by atoms with Gasteiger partial charge in [-0.2, -0.15) is 0 Å². The molecule has 1 saturated carbocycles. The van der Waals surface area contributed by atoms with E-state index in [9.17, 15) is 10.2 Å². The molecule has 4 aromatic rings. The van der Waals surface area contributed by atoms with Gasteiger partial charge in [0.05, 0.1) is 17.4 Å². The van der Waals surface area contributed by atoms with Crippen LogP contribution in [0.15, 0.2) is 30.9 Å². The molecule has 4 unspecified atom stereocenters. The summed E-state index contributed by atoms with van der Waals surface area (Å²) in [7, 11) is 0. The Labute approximate surface area is 256 Å². The highest BCUT2D eigenvalue weighted by molar-refractivity contribution is 5.81. The fourth-order valence-electron chi connectivity index (χ4n) is 6.35. The van der Waals surface area contributed by atoms with E-state index in [4.69, 9.17) is 25.4 Å². The van der Waals surface area contributed by atoms with Crippen molar-refractivity contribution in [2.75, 3.05) is 12.3 Å². The number of nitrogens with two attached hydrogens (primary N) is 1. The topological polar surface area (TPSA) is 189 Å². The van der Waals surface area contributed by atoms with Crippen molar-refractivity contribution in [1.82, 2.24) is 34.4 Å². The van der Waals surface area contributed by atoms with E-state index in [2.05, 4.69) is 77.7 Å². The maximum absolute atomic E-state index is 10.9. The molecular formula is C31H44N8O5. The van der Waals surface area contributed by atoms with Crippen LogP contribution in [0.2, 0.25) is 0 Å². The zero-order valence-electron chi connectivity index (χ0n) is 26.0. The van der Waals surface area contributed by atoms with Gasteiger partial charge in [-0.3, -0.25) is 14.3 Å². The van der Waals surface area contributed by atoms with Crippen molar-refractivity contribution in [2.45, 2.75) is 102 Å². The molecule has 4 heterocycles. The number of imidazole rings is 2. The number of rotatable bonds is 8. The molecule has 6 rings (SSSR count). The van der Waals surface area contributed by atoms with Gasteiger partial charge in [0.1, 0.15) is 36.0 Å². The van der Waals surface area contributed by atoms with Crippen LogP contribution in [0, 0.1) is 5.92 Å². The van der Waals surface area contributed by atoms with E-state index in [1.165, 1.54) is 18.2 Å². The summed E-state index contributed by atoms with van der Waals surface area (Å²) < 4.78 is 7.86. The first-order valence-electron chi connectivity index (χ1n) is 15.2. The summed E-state index contributed by atoms with van der Waals surface area (Å²) >= 11 is 0. The Kier molecular flexibility index (Phi) is 9.21. The van der Waals surface area contributed by atoms with E-state index in [0.29, 0.717) is 29.7 Å². The number of nitrogens with zero attached hydrogens (tertiary/aromatic N) is 6. The number of anilines is 1. The van der Waals surface area contributed by atoms with Gasteiger partial charge in [-0.25, -0.2) is 19.9 Å².